The lowest BCUT2D eigenvalue weighted by Gasteiger charge is -2.36. The lowest BCUT2D eigenvalue weighted by molar-refractivity contribution is 0.646. The van der Waals surface area contributed by atoms with Gasteiger partial charge in [0.25, 0.3) is 5.56 Å². The molecule has 1 aliphatic rings. The van der Waals surface area contributed by atoms with Crippen molar-refractivity contribution in [2.75, 3.05) is 36.0 Å². The second-order valence-electron chi connectivity index (χ2n) is 5.36. The third-order valence-corrected chi connectivity index (χ3v) is 4.01. The smallest absolute Gasteiger partial charge is 0.266 e. The molecule has 0 atom stereocenters. The van der Waals surface area contributed by atoms with E-state index in [0.717, 1.165) is 48.7 Å². The molecule has 7 nitrogen and oxygen atoms in total. The van der Waals surface area contributed by atoms with Crippen LogP contribution in [0.3, 0.4) is 0 Å². The molecule has 0 aromatic carbocycles. The first kappa shape index (κ1) is 12.9. The molecule has 1 aliphatic heterocycles. The molecular weight excluding hydrogens is 280 g/mol. The van der Waals surface area contributed by atoms with Crippen LogP contribution in [-0.2, 0) is 0 Å². The molecule has 112 valence electrons. The Labute approximate surface area is 126 Å². The number of rotatable bonds is 2. The molecule has 0 amide bonds. The molecule has 22 heavy (non-hydrogen) atoms. The van der Waals surface area contributed by atoms with Crippen molar-refractivity contribution in [1.29, 1.82) is 0 Å². The molecule has 2 N–H and O–H groups in total. The van der Waals surface area contributed by atoms with Crippen molar-refractivity contribution < 1.29 is 0 Å². The van der Waals surface area contributed by atoms with E-state index in [1.54, 1.807) is 12.3 Å². The highest BCUT2D eigenvalue weighted by atomic mass is 16.1. The maximum absolute atomic E-state index is 11.3. The summed E-state index contributed by atoms with van der Waals surface area (Å²) in [7, 11) is 0. The van der Waals surface area contributed by atoms with E-state index in [1.165, 1.54) is 0 Å². The van der Waals surface area contributed by atoms with Gasteiger partial charge in [-0.05, 0) is 18.2 Å². The zero-order chi connectivity index (χ0) is 14.9. The van der Waals surface area contributed by atoms with E-state index >= 15 is 0 Å². The number of fused-ring (bicyclic) bond motifs is 1. The molecule has 0 spiro atoms. The summed E-state index contributed by atoms with van der Waals surface area (Å²) in [5, 5.41) is 7.38. The van der Waals surface area contributed by atoms with Gasteiger partial charge in [0, 0.05) is 43.8 Å². The molecule has 0 aliphatic carbocycles. The van der Waals surface area contributed by atoms with Crippen LogP contribution in [-0.4, -0.2) is 46.3 Å². The summed E-state index contributed by atoms with van der Waals surface area (Å²) in [4.78, 5) is 23.6. The predicted octanol–water partition coefficient (Wildman–Crippen LogP) is 0.973. The van der Waals surface area contributed by atoms with E-state index in [2.05, 4.69) is 42.1 Å². The van der Waals surface area contributed by atoms with Gasteiger partial charge in [0.05, 0.1) is 11.9 Å². The summed E-state index contributed by atoms with van der Waals surface area (Å²) in [5.74, 6) is 0.985. The van der Waals surface area contributed by atoms with E-state index in [9.17, 15) is 4.79 Å². The van der Waals surface area contributed by atoms with Crippen molar-refractivity contribution in [3.05, 3.63) is 47.0 Å². The molecule has 0 saturated carbocycles. The predicted molar refractivity (Wildman–Crippen MR) is 85.4 cm³/mol. The van der Waals surface area contributed by atoms with Gasteiger partial charge < -0.3 is 14.8 Å². The Balaban J connectivity index is 1.50. The summed E-state index contributed by atoms with van der Waals surface area (Å²) in [5.41, 5.74) is 1.62. The van der Waals surface area contributed by atoms with E-state index in [1.807, 2.05) is 12.3 Å². The van der Waals surface area contributed by atoms with Gasteiger partial charge in [0.15, 0.2) is 0 Å². The topological polar surface area (TPSA) is 80.9 Å². The van der Waals surface area contributed by atoms with Crippen LogP contribution in [0.5, 0.6) is 0 Å². The normalized spacial score (nSPS) is 15.5. The third kappa shape index (κ3) is 2.30. The van der Waals surface area contributed by atoms with Gasteiger partial charge in [-0.1, -0.05) is 0 Å². The lowest BCUT2D eigenvalue weighted by Crippen LogP contribution is -2.47. The average Bonchev–Trinajstić information content (AvgIpc) is 3.02. The lowest BCUT2D eigenvalue weighted by atomic mass is 10.2. The largest absolute Gasteiger partial charge is 0.367 e. The van der Waals surface area contributed by atoms with Crippen LogP contribution in [0.25, 0.3) is 11.0 Å². The number of piperazine rings is 1. The summed E-state index contributed by atoms with van der Waals surface area (Å²) >= 11 is 0. The Morgan fingerprint density at radius 3 is 2.68 bits per heavy atom. The molecular formula is C15H16N6O. The quantitative estimate of drug-likeness (QED) is 0.736. The van der Waals surface area contributed by atoms with Crippen LogP contribution < -0.4 is 15.4 Å². The number of H-pyrrole nitrogens is 2. The number of aromatic nitrogens is 4. The number of hydrogen-bond donors (Lipinski definition) is 2. The Hall–Kier alpha value is -2.83. The number of pyridine rings is 1. The van der Waals surface area contributed by atoms with E-state index in [4.69, 9.17) is 0 Å². The van der Waals surface area contributed by atoms with Crippen molar-refractivity contribution in [1.82, 2.24) is 20.2 Å². The fraction of sp³-hybridized carbons (Fsp3) is 0.267. The first-order valence-electron chi connectivity index (χ1n) is 7.28. The fourth-order valence-corrected chi connectivity index (χ4v) is 2.83. The molecule has 3 aromatic rings. The molecule has 0 unspecified atom stereocenters. The van der Waals surface area contributed by atoms with Gasteiger partial charge in [-0.15, -0.1) is 0 Å². The monoisotopic (exact) mass is 296 g/mol. The highest BCUT2D eigenvalue weighted by Gasteiger charge is 2.19. The Kier molecular flexibility index (Phi) is 3.03. The highest BCUT2D eigenvalue weighted by Crippen LogP contribution is 2.20. The summed E-state index contributed by atoms with van der Waals surface area (Å²) in [6.07, 6.45) is 3.60. The van der Waals surface area contributed by atoms with Crippen molar-refractivity contribution in [2.45, 2.75) is 0 Å². The van der Waals surface area contributed by atoms with Crippen molar-refractivity contribution in [3.63, 3.8) is 0 Å². The second-order valence-corrected chi connectivity index (χ2v) is 5.36. The molecule has 3 aromatic heterocycles. The summed E-state index contributed by atoms with van der Waals surface area (Å²) in [6, 6.07) is 7.75. The second kappa shape index (κ2) is 5.18. The molecule has 4 heterocycles. The molecule has 0 radical (unpaired) electrons. The van der Waals surface area contributed by atoms with Gasteiger partial charge in [-0.25, -0.2) is 10.1 Å². The number of nitrogens with one attached hydrogen (secondary N) is 2. The van der Waals surface area contributed by atoms with Crippen LogP contribution in [0.4, 0.5) is 11.5 Å². The maximum atomic E-state index is 11.3. The summed E-state index contributed by atoms with van der Waals surface area (Å²) in [6.45, 7) is 3.42. The van der Waals surface area contributed by atoms with Crippen LogP contribution in [0.15, 0.2) is 41.5 Å². The minimum Gasteiger partial charge on any atom is -0.367 e. The average molecular weight is 296 g/mol. The van der Waals surface area contributed by atoms with Crippen LogP contribution >= 0.6 is 0 Å². The Morgan fingerprint density at radius 1 is 1.05 bits per heavy atom. The van der Waals surface area contributed by atoms with Crippen LogP contribution in [0, 0.1) is 0 Å². The molecule has 4 rings (SSSR count). The molecule has 1 fully saturated rings. The Morgan fingerprint density at radius 2 is 1.86 bits per heavy atom. The van der Waals surface area contributed by atoms with E-state index < -0.39 is 0 Å². The van der Waals surface area contributed by atoms with Gasteiger partial charge in [0.2, 0.25) is 0 Å². The Bertz CT molecular complexity index is 846. The molecule has 0 bridgehead atoms. The first-order valence-corrected chi connectivity index (χ1v) is 7.28. The first-order chi connectivity index (χ1) is 10.8. The number of aromatic amines is 2. The van der Waals surface area contributed by atoms with Crippen LogP contribution in [0.1, 0.15) is 0 Å². The number of hydrogen-bond acceptors (Lipinski definition) is 5. The van der Waals surface area contributed by atoms with E-state index in [-0.39, 0.29) is 5.56 Å². The standard InChI is InChI=1S/C15H16N6O/c22-14-9-12(10-17-19-14)20-5-7-21(8-6-20)13-2-1-11-3-4-16-15(11)18-13/h1-4,9-10H,5-8H2,(H,16,18)(H,19,22). The SMILES string of the molecule is O=c1cc(N2CCN(c3ccc4cc[nH]c4n3)CC2)cn[nH]1. The minimum atomic E-state index is -0.168. The summed E-state index contributed by atoms with van der Waals surface area (Å²) < 4.78 is 0. The van der Waals surface area contributed by atoms with Gasteiger partial charge >= 0.3 is 0 Å². The fourth-order valence-electron chi connectivity index (χ4n) is 2.83. The van der Waals surface area contributed by atoms with Crippen molar-refractivity contribution >= 4 is 22.5 Å². The maximum Gasteiger partial charge on any atom is 0.266 e. The van der Waals surface area contributed by atoms with E-state index in [0.29, 0.717) is 0 Å². The minimum absolute atomic E-state index is 0.168. The zero-order valence-corrected chi connectivity index (χ0v) is 12.0. The van der Waals surface area contributed by atoms with Crippen molar-refractivity contribution in [3.8, 4) is 0 Å². The van der Waals surface area contributed by atoms with Gasteiger partial charge in [-0.2, -0.15) is 5.10 Å². The zero-order valence-electron chi connectivity index (χ0n) is 12.0. The van der Waals surface area contributed by atoms with Gasteiger partial charge in [0.1, 0.15) is 11.5 Å². The molecule has 7 heteroatoms. The number of nitrogens with zero attached hydrogens (tertiary/aromatic N) is 4. The number of anilines is 2. The van der Waals surface area contributed by atoms with Crippen LogP contribution in [0.2, 0.25) is 0 Å². The molecule has 1 saturated heterocycles. The van der Waals surface area contributed by atoms with Crippen molar-refractivity contribution in [2.24, 2.45) is 0 Å². The highest BCUT2D eigenvalue weighted by molar-refractivity contribution is 5.77. The third-order valence-electron chi connectivity index (χ3n) is 4.01. The van der Waals surface area contributed by atoms with Gasteiger partial charge in [-0.3, -0.25) is 4.79 Å².